The molecular formula is C32H44NOP. The SMILES string of the molecule is CCNCc1cccc(C)c1PC(C)(CC)c1cc(C)cc(C(C)(C)C)c1OCc1ccccc1. The summed E-state index contributed by atoms with van der Waals surface area (Å²) in [4.78, 5) is 0. The van der Waals surface area contributed by atoms with Crippen LogP contribution in [0.4, 0.5) is 0 Å². The largest absolute Gasteiger partial charge is 0.488 e. The summed E-state index contributed by atoms with van der Waals surface area (Å²) in [6, 6.07) is 22.0. The third kappa shape index (κ3) is 6.75. The molecule has 0 amide bonds. The highest BCUT2D eigenvalue weighted by Gasteiger charge is 2.33. The molecule has 3 rings (SSSR count). The fraction of sp³-hybridized carbons (Fsp3) is 0.438. The van der Waals surface area contributed by atoms with Crippen LogP contribution in [0.1, 0.15) is 81.3 Å². The van der Waals surface area contributed by atoms with Crippen molar-refractivity contribution in [3.63, 3.8) is 0 Å². The molecule has 2 nitrogen and oxygen atoms in total. The van der Waals surface area contributed by atoms with E-state index in [0.29, 0.717) is 15.2 Å². The first-order chi connectivity index (χ1) is 16.6. The number of rotatable bonds is 10. The Kier molecular flexibility index (Phi) is 9.19. The number of aryl methyl sites for hydroxylation is 2. The maximum absolute atomic E-state index is 6.74. The molecule has 0 aliphatic heterocycles. The average Bonchev–Trinajstić information content (AvgIpc) is 2.83. The zero-order valence-corrected chi connectivity index (χ0v) is 24.0. The summed E-state index contributed by atoms with van der Waals surface area (Å²) in [5.74, 6) is 1.07. The molecule has 35 heavy (non-hydrogen) atoms. The molecule has 0 aliphatic rings. The second-order valence-corrected chi connectivity index (χ2v) is 12.8. The monoisotopic (exact) mass is 489 g/mol. The Labute approximate surface area is 215 Å². The Morgan fingerprint density at radius 3 is 2.17 bits per heavy atom. The lowest BCUT2D eigenvalue weighted by molar-refractivity contribution is 0.291. The van der Waals surface area contributed by atoms with E-state index < -0.39 is 0 Å². The van der Waals surface area contributed by atoms with Crippen molar-refractivity contribution in [2.24, 2.45) is 0 Å². The summed E-state index contributed by atoms with van der Waals surface area (Å²) in [6.45, 7) is 20.8. The van der Waals surface area contributed by atoms with Gasteiger partial charge in [-0.15, -0.1) is 0 Å². The van der Waals surface area contributed by atoms with Gasteiger partial charge in [-0.1, -0.05) is 116 Å². The number of hydrogen-bond acceptors (Lipinski definition) is 2. The van der Waals surface area contributed by atoms with Gasteiger partial charge in [-0.25, -0.2) is 0 Å². The van der Waals surface area contributed by atoms with Crippen molar-refractivity contribution >= 4 is 13.9 Å². The standard InChI is InChI=1S/C32H44NOP/c1-9-32(8,35-30-24(4)15-14-18-26(30)21-33-10-2)28-20-23(3)19-27(31(5,6)7)29(28)34-22-25-16-12-11-13-17-25/h11-20,33,35H,9-10,21-22H2,1-8H3. The predicted octanol–water partition coefficient (Wildman–Crippen LogP) is 7.92. The lowest BCUT2D eigenvalue weighted by atomic mass is 9.81. The minimum atomic E-state index is -0.0227. The maximum Gasteiger partial charge on any atom is 0.127 e. The first kappa shape index (κ1) is 27.4. The van der Waals surface area contributed by atoms with E-state index in [1.54, 1.807) is 0 Å². The van der Waals surface area contributed by atoms with E-state index in [4.69, 9.17) is 4.74 Å². The van der Waals surface area contributed by atoms with Crippen molar-refractivity contribution in [1.29, 1.82) is 0 Å². The van der Waals surface area contributed by atoms with Crippen molar-refractivity contribution in [1.82, 2.24) is 5.32 Å². The van der Waals surface area contributed by atoms with Gasteiger partial charge in [0.1, 0.15) is 12.4 Å². The predicted molar refractivity (Wildman–Crippen MR) is 155 cm³/mol. The summed E-state index contributed by atoms with van der Waals surface area (Å²) < 4.78 is 6.74. The first-order valence-corrected chi connectivity index (χ1v) is 14.0. The summed E-state index contributed by atoms with van der Waals surface area (Å²) in [7, 11) is 0.658. The molecule has 2 unspecified atom stereocenters. The van der Waals surface area contributed by atoms with Crippen molar-refractivity contribution < 1.29 is 4.74 Å². The van der Waals surface area contributed by atoms with Crippen LogP contribution in [0.3, 0.4) is 0 Å². The molecule has 0 bridgehead atoms. The van der Waals surface area contributed by atoms with Crippen LogP contribution < -0.4 is 15.4 Å². The fourth-order valence-electron chi connectivity index (χ4n) is 4.56. The molecule has 0 radical (unpaired) electrons. The van der Waals surface area contributed by atoms with Crippen molar-refractivity contribution in [2.45, 2.75) is 85.5 Å². The molecule has 0 saturated carbocycles. The van der Waals surface area contributed by atoms with E-state index >= 15 is 0 Å². The molecule has 188 valence electrons. The van der Waals surface area contributed by atoms with Gasteiger partial charge >= 0.3 is 0 Å². The third-order valence-electron chi connectivity index (χ3n) is 6.89. The van der Waals surface area contributed by atoms with Gasteiger partial charge in [0, 0.05) is 22.8 Å². The molecule has 3 aromatic rings. The van der Waals surface area contributed by atoms with Gasteiger partial charge in [0.05, 0.1) is 0 Å². The van der Waals surface area contributed by atoms with Crippen LogP contribution in [0, 0.1) is 13.8 Å². The van der Waals surface area contributed by atoms with Crippen LogP contribution in [0.15, 0.2) is 60.7 Å². The molecule has 0 spiro atoms. The molecule has 0 saturated heterocycles. The van der Waals surface area contributed by atoms with Crippen LogP contribution >= 0.6 is 8.58 Å². The van der Waals surface area contributed by atoms with E-state index in [1.807, 2.05) is 0 Å². The molecular weight excluding hydrogens is 445 g/mol. The average molecular weight is 490 g/mol. The molecule has 1 N–H and O–H groups in total. The first-order valence-electron chi connectivity index (χ1n) is 13.0. The molecule has 0 heterocycles. The van der Waals surface area contributed by atoms with Crippen LogP contribution in [-0.2, 0) is 23.7 Å². The zero-order chi connectivity index (χ0) is 25.6. The molecule has 0 fully saturated rings. The second kappa shape index (κ2) is 11.7. The normalized spacial score (nSPS) is 13.8. The van der Waals surface area contributed by atoms with E-state index in [1.165, 1.54) is 38.7 Å². The Hall–Kier alpha value is -2.15. The highest BCUT2D eigenvalue weighted by atomic mass is 31.1. The summed E-state index contributed by atoms with van der Waals surface area (Å²) in [5, 5.41) is 5.01. The quantitative estimate of drug-likeness (QED) is 0.292. The molecule has 3 heteroatoms. The van der Waals surface area contributed by atoms with E-state index in [-0.39, 0.29) is 10.6 Å². The van der Waals surface area contributed by atoms with E-state index in [0.717, 1.165) is 25.3 Å². The Bertz CT molecular complexity index is 1120. The molecule has 2 atom stereocenters. The van der Waals surface area contributed by atoms with Gasteiger partial charge in [-0.3, -0.25) is 0 Å². The Morgan fingerprint density at radius 2 is 1.54 bits per heavy atom. The van der Waals surface area contributed by atoms with E-state index in [2.05, 4.69) is 121 Å². The molecule has 3 aromatic carbocycles. The fourth-order valence-corrected chi connectivity index (χ4v) is 6.22. The number of ether oxygens (including phenoxy) is 1. The minimum Gasteiger partial charge on any atom is -0.488 e. The number of benzene rings is 3. The number of nitrogens with one attached hydrogen (secondary N) is 1. The zero-order valence-electron chi connectivity index (χ0n) is 23.0. The van der Waals surface area contributed by atoms with Gasteiger partial charge in [0.25, 0.3) is 0 Å². The summed E-state index contributed by atoms with van der Waals surface area (Å²) >= 11 is 0. The van der Waals surface area contributed by atoms with Gasteiger partial charge in [-0.05, 0) is 54.2 Å². The summed E-state index contributed by atoms with van der Waals surface area (Å²) in [5.41, 5.74) is 7.94. The van der Waals surface area contributed by atoms with E-state index in [9.17, 15) is 0 Å². The van der Waals surface area contributed by atoms with Gasteiger partial charge in [0.15, 0.2) is 0 Å². The van der Waals surface area contributed by atoms with Crippen molar-refractivity contribution in [3.8, 4) is 5.75 Å². The van der Waals surface area contributed by atoms with Gasteiger partial charge < -0.3 is 10.1 Å². The van der Waals surface area contributed by atoms with Crippen molar-refractivity contribution in [3.05, 3.63) is 94.0 Å². The van der Waals surface area contributed by atoms with Crippen LogP contribution in [0.25, 0.3) is 0 Å². The smallest absolute Gasteiger partial charge is 0.127 e. The Balaban J connectivity index is 2.12. The topological polar surface area (TPSA) is 21.3 Å². The Morgan fingerprint density at radius 1 is 0.857 bits per heavy atom. The summed E-state index contributed by atoms with van der Waals surface area (Å²) in [6.07, 6.45) is 1.05. The molecule has 0 aliphatic carbocycles. The van der Waals surface area contributed by atoms with Crippen LogP contribution in [0.5, 0.6) is 5.75 Å². The van der Waals surface area contributed by atoms with Crippen LogP contribution in [-0.4, -0.2) is 6.54 Å². The second-order valence-electron chi connectivity index (χ2n) is 10.9. The maximum atomic E-state index is 6.74. The highest BCUT2D eigenvalue weighted by Crippen LogP contribution is 2.51. The minimum absolute atomic E-state index is 0.0105. The van der Waals surface area contributed by atoms with Gasteiger partial charge in [-0.2, -0.15) is 0 Å². The third-order valence-corrected chi connectivity index (χ3v) is 9.03. The van der Waals surface area contributed by atoms with Gasteiger partial charge in [0.2, 0.25) is 0 Å². The lowest BCUT2D eigenvalue weighted by Crippen LogP contribution is -2.26. The lowest BCUT2D eigenvalue weighted by Gasteiger charge is -2.35. The van der Waals surface area contributed by atoms with Crippen LogP contribution in [0.2, 0.25) is 0 Å². The number of hydrogen-bond donors (Lipinski definition) is 1. The highest BCUT2D eigenvalue weighted by molar-refractivity contribution is 7.48. The molecule has 0 aromatic heterocycles. The van der Waals surface area contributed by atoms with Crippen molar-refractivity contribution in [2.75, 3.05) is 6.54 Å².